The van der Waals surface area contributed by atoms with Gasteiger partial charge in [-0.15, -0.1) is 0 Å². The van der Waals surface area contributed by atoms with Gasteiger partial charge in [0.15, 0.2) is 0 Å². The van der Waals surface area contributed by atoms with Gasteiger partial charge in [-0.05, 0) is 38.7 Å². The predicted molar refractivity (Wildman–Crippen MR) is 77.8 cm³/mol. The van der Waals surface area contributed by atoms with Crippen LogP contribution in [0.25, 0.3) is 0 Å². The highest BCUT2D eigenvalue weighted by atomic mass is 16.3. The SMILES string of the molecule is CCn1nc(C(C)C)cc1C(=O)N1CCCC(C)(O)C1. The monoisotopic (exact) mass is 279 g/mol. The first-order chi connectivity index (χ1) is 9.34. The van der Waals surface area contributed by atoms with Gasteiger partial charge in [0.1, 0.15) is 5.69 Å². The van der Waals surface area contributed by atoms with Gasteiger partial charge in [0, 0.05) is 19.6 Å². The van der Waals surface area contributed by atoms with Gasteiger partial charge >= 0.3 is 0 Å². The van der Waals surface area contributed by atoms with Crippen LogP contribution in [-0.4, -0.2) is 44.4 Å². The lowest BCUT2D eigenvalue weighted by atomic mass is 9.95. The Morgan fingerprint density at radius 3 is 2.80 bits per heavy atom. The van der Waals surface area contributed by atoms with Gasteiger partial charge < -0.3 is 10.0 Å². The second-order valence-corrected chi connectivity index (χ2v) is 6.25. The number of amides is 1. The maximum Gasteiger partial charge on any atom is 0.272 e. The lowest BCUT2D eigenvalue weighted by molar-refractivity contribution is -0.0111. The molecule has 20 heavy (non-hydrogen) atoms. The molecule has 0 bridgehead atoms. The molecule has 1 aliphatic rings. The van der Waals surface area contributed by atoms with Crippen molar-refractivity contribution in [2.24, 2.45) is 0 Å². The lowest BCUT2D eigenvalue weighted by Gasteiger charge is -2.36. The van der Waals surface area contributed by atoms with E-state index in [1.54, 1.807) is 16.5 Å². The van der Waals surface area contributed by atoms with E-state index in [1.165, 1.54) is 0 Å². The number of hydrogen-bond donors (Lipinski definition) is 1. The average molecular weight is 279 g/mol. The molecule has 1 amide bonds. The molecule has 112 valence electrons. The van der Waals surface area contributed by atoms with E-state index < -0.39 is 5.60 Å². The first-order valence-corrected chi connectivity index (χ1v) is 7.43. The summed E-state index contributed by atoms with van der Waals surface area (Å²) in [5.74, 6) is 0.282. The molecule has 5 heteroatoms. The highest BCUT2D eigenvalue weighted by Crippen LogP contribution is 2.23. The number of likely N-dealkylation sites (tertiary alicyclic amines) is 1. The fourth-order valence-corrected chi connectivity index (χ4v) is 2.69. The molecule has 0 spiro atoms. The van der Waals surface area contributed by atoms with Crippen LogP contribution in [0.4, 0.5) is 0 Å². The summed E-state index contributed by atoms with van der Waals surface area (Å²) >= 11 is 0. The summed E-state index contributed by atoms with van der Waals surface area (Å²) in [4.78, 5) is 14.4. The number of carbonyl (C=O) groups is 1. The third-order valence-corrected chi connectivity index (χ3v) is 3.87. The number of nitrogens with zero attached hydrogens (tertiary/aromatic N) is 3. The highest BCUT2D eigenvalue weighted by molar-refractivity contribution is 5.93. The van der Waals surface area contributed by atoms with Crippen molar-refractivity contribution in [1.82, 2.24) is 14.7 Å². The van der Waals surface area contributed by atoms with Gasteiger partial charge in [-0.3, -0.25) is 9.48 Å². The molecule has 0 aliphatic carbocycles. The molecule has 0 aromatic carbocycles. The Morgan fingerprint density at radius 1 is 1.55 bits per heavy atom. The molecule has 1 unspecified atom stereocenters. The molecule has 5 nitrogen and oxygen atoms in total. The van der Waals surface area contributed by atoms with Crippen molar-refractivity contribution in [1.29, 1.82) is 0 Å². The van der Waals surface area contributed by atoms with Gasteiger partial charge in [-0.25, -0.2) is 0 Å². The smallest absolute Gasteiger partial charge is 0.272 e. The second kappa shape index (κ2) is 5.56. The van der Waals surface area contributed by atoms with Crippen LogP contribution in [0.15, 0.2) is 6.07 Å². The topological polar surface area (TPSA) is 58.4 Å². The molecular weight excluding hydrogens is 254 g/mol. The summed E-state index contributed by atoms with van der Waals surface area (Å²) in [5.41, 5.74) is 0.805. The molecule has 1 aromatic rings. The van der Waals surface area contributed by atoms with Crippen LogP contribution >= 0.6 is 0 Å². The molecule has 1 aliphatic heterocycles. The van der Waals surface area contributed by atoms with Crippen molar-refractivity contribution in [3.05, 3.63) is 17.5 Å². The Kier molecular flexibility index (Phi) is 4.18. The van der Waals surface area contributed by atoms with Crippen molar-refractivity contribution >= 4 is 5.91 Å². The summed E-state index contributed by atoms with van der Waals surface area (Å²) in [7, 11) is 0. The van der Waals surface area contributed by atoms with E-state index in [2.05, 4.69) is 18.9 Å². The van der Waals surface area contributed by atoms with E-state index in [-0.39, 0.29) is 5.91 Å². The number of hydrogen-bond acceptors (Lipinski definition) is 3. The molecule has 1 fully saturated rings. The Balaban J connectivity index is 2.24. The molecule has 0 saturated carbocycles. The first kappa shape index (κ1) is 15.0. The minimum atomic E-state index is -0.772. The summed E-state index contributed by atoms with van der Waals surface area (Å²) in [6, 6.07) is 1.89. The summed E-state index contributed by atoms with van der Waals surface area (Å²) in [6.45, 7) is 9.71. The van der Waals surface area contributed by atoms with Gasteiger partial charge in [0.2, 0.25) is 0 Å². The van der Waals surface area contributed by atoms with Crippen molar-refractivity contribution in [3.63, 3.8) is 0 Å². The maximum absolute atomic E-state index is 12.7. The third kappa shape index (κ3) is 3.03. The maximum atomic E-state index is 12.7. The molecule has 2 rings (SSSR count). The number of aromatic nitrogens is 2. The Morgan fingerprint density at radius 2 is 2.25 bits per heavy atom. The van der Waals surface area contributed by atoms with Gasteiger partial charge in [-0.2, -0.15) is 5.10 Å². The standard InChI is InChI=1S/C15H25N3O2/c1-5-18-13(9-12(16-18)11(2)3)14(19)17-8-6-7-15(4,20)10-17/h9,11,20H,5-8,10H2,1-4H3. The largest absolute Gasteiger partial charge is 0.388 e. The zero-order chi connectivity index (χ0) is 14.9. The first-order valence-electron chi connectivity index (χ1n) is 7.43. The van der Waals surface area contributed by atoms with Gasteiger partial charge in [-0.1, -0.05) is 13.8 Å². The van der Waals surface area contributed by atoms with Crippen LogP contribution in [0.1, 0.15) is 62.6 Å². The second-order valence-electron chi connectivity index (χ2n) is 6.25. The molecule has 2 heterocycles. The fraction of sp³-hybridized carbons (Fsp3) is 0.733. The predicted octanol–water partition coefficient (Wildman–Crippen LogP) is 2.01. The minimum absolute atomic E-state index is 0.0220. The Hall–Kier alpha value is -1.36. The Labute approximate surface area is 120 Å². The van der Waals surface area contributed by atoms with Crippen molar-refractivity contribution in [3.8, 4) is 0 Å². The number of rotatable bonds is 3. The van der Waals surface area contributed by atoms with Crippen molar-refractivity contribution in [2.75, 3.05) is 13.1 Å². The third-order valence-electron chi connectivity index (χ3n) is 3.87. The molecule has 1 atom stereocenters. The highest BCUT2D eigenvalue weighted by Gasteiger charge is 2.32. The summed E-state index contributed by atoms with van der Waals surface area (Å²) < 4.78 is 1.76. The molecule has 1 aromatic heterocycles. The Bertz CT molecular complexity index is 491. The minimum Gasteiger partial charge on any atom is -0.388 e. The van der Waals surface area contributed by atoms with Crippen molar-refractivity contribution < 1.29 is 9.90 Å². The van der Waals surface area contributed by atoms with E-state index in [9.17, 15) is 9.90 Å². The molecular formula is C15H25N3O2. The van der Waals surface area contributed by atoms with Crippen LogP contribution < -0.4 is 0 Å². The molecule has 1 N–H and O–H groups in total. The molecule has 0 radical (unpaired) electrons. The van der Waals surface area contributed by atoms with Crippen LogP contribution in [-0.2, 0) is 6.54 Å². The van der Waals surface area contributed by atoms with Crippen molar-refractivity contribution in [2.45, 2.75) is 58.6 Å². The van der Waals surface area contributed by atoms with E-state index in [4.69, 9.17) is 0 Å². The quantitative estimate of drug-likeness (QED) is 0.921. The average Bonchev–Trinajstić information content (AvgIpc) is 2.80. The normalized spacial score (nSPS) is 23.4. The summed E-state index contributed by atoms with van der Waals surface area (Å²) in [6.07, 6.45) is 1.59. The number of aliphatic hydroxyl groups is 1. The number of β-amino-alcohol motifs (C(OH)–C–C–N with tert-alkyl or cyclic N) is 1. The fourth-order valence-electron chi connectivity index (χ4n) is 2.69. The van der Waals surface area contributed by atoms with E-state index >= 15 is 0 Å². The van der Waals surface area contributed by atoms with Crippen LogP contribution in [0.2, 0.25) is 0 Å². The molecule has 1 saturated heterocycles. The zero-order valence-corrected chi connectivity index (χ0v) is 12.9. The number of aryl methyl sites for hydroxylation is 1. The van der Waals surface area contributed by atoms with Gasteiger partial charge in [0.05, 0.1) is 11.3 Å². The lowest BCUT2D eigenvalue weighted by Crippen LogP contribution is -2.49. The van der Waals surface area contributed by atoms with E-state index in [0.717, 1.165) is 18.5 Å². The number of piperidine rings is 1. The van der Waals surface area contributed by atoms with Crippen LogP contribution in [0.5, 0.6) is 0 Å². The van der Waals surface area contributed by atoms with E-state index in [1.807, 2.05) is 13.0 Å². The number of carbonyl (C=O) groups excluding carboxylic acids is 1. The van der Waals surface area contributed by atoms with Crippen LogP contribution in [0.3, 0.4) is 0 Å². The van der Waals surface area contributed by atoms with Gasteiger partial charge in [0.25, 0.3) is 5.91 Å². The summed E-state index contributed by atoms with van der Waals surface area (Å²) in [5, 5.41) is 14.6. The van der Waals surface area contributed by atoms with Crippen LogP contribution in [0, 0.1) is 0 Å². The van der Waals surface area contributed by atoms with E-state index in [0.29, 0.717) is 31.2 Å². The zero-order valence-electron chi connectivity index (χ0n) is 12.9.